The molecule has 1 aliphatic rings. The largest absolute Gasteiger partial charge is 0.345 e. The minimum Gasteiger partial charge on any atom is -0.345 e. The fourth-order valence-electron chi connectivity index (χ4n) is 2.66. The van der Waals surface area contributed by atoms with Crippen molar-refractivity contribution in [2.24, 2.45) is 5.92 Å². The van der Waals surface area contributed by atoms with Crippen molar-refractivity contribution in [1.29, 1.82) is 0 Å². The van der Waals surface area contributed by atoms with Gasteiger partial charge >= 0.3 is 0 Å². The third-order valence-electron chi connectivity index (χ3n) is 4.09. The van der Waals surface area contributed by atoms with Crippen LogP contribution in [0.3, 0.4) is 0 Å². The van der Waals surface area contributed by atoms with Crippen LogP contribution in [0, 0.1) is 5.92 Å². The summed E-state index contributed by atoms with van der Waals surface area (Å²) in [6.07, 6.45) is 2.88. The Bertz CT molecular complexity index is 438. The lowest BCUT2D eigenvalue weighted by Gasteiger charge is -2.31. The molecule has 1 saturated heterocycles. The van der Waals surface area contributed by atoms with Gasteiger partial charge in [0.15, 0.2) is 0 Å². The van der Waals surface area contributed by atoms with E-state index in [9.17, 15) is 4.79 Å². The van der Waals surface area contributed by atoms with E-state index in [2.05, 4.69) is 24.6 Å². The number of carbonyl (C=O) groups excluding carboxylic acids is 1. The average molecular weight is 292 g/mol. The van der Waals surface area contributed by atoms with Gasteiger partial charge in [0.05, 0.1) is 6.42 Å². The van der Waals surface area contributed by atoms with E-state index in [0.717, 1.165) is 30.1 Å². The van der Waals surface area contributed by atoms with Gasteiger partial charge in [-0.25, -0.2) is 0 Å². The number of hydrogen-bond acceptors (Lipinski definition) is 3. The molecular weight excluding hydrogens is 268 g/mol. The number of thiol groups is 1. The van der Waals surface area contributed by atoms with E-state index in [1.54, 1.807) is 0 Å². The Morgan fingerprint density at radius 1 is 1.30 bits per heavy atom. The van der Waals surface area contributed by atoms with E-state index in [1.165, 1.54) is 12.8 Å². The van der Waals surface area contributed by atoms with Gasteiger partial charge in [-0.1, -0.05) is 12.1 Å². The molecule has 4 heteroatoms. The second-order valence-corrected chi connectivity index (χ2v) is 6.38. The van der Waals surface area contributed by atoms with Crippen LogP contribution < -0.4 is 0 Å². The number of carbonyl (C=O) groups is 1. The Balaban J connectivity index is 1.81. The van der Waals surface area contributed by atoms with Crippen molar-refractivity contribution >= 4 is 18.5 Å². The van der Waals surface area contributed by atoms with Gasteiger partial charge in [-0.05, 0) is 56.6 Å². The van der Waals surface area contributed by atoms with E-state index in [1.807, 2.05) is 36.2 Å². The van der Waals surface area contributed by atoms with Crippen molar-refractivity contribution in [2.45, 2.75) is 24.2 Å². The number of benzene rings is 1. The highest BCUT2D eigenvalue weighted by molar-refractivity contribution is 7.80. The number of amides is 1. The van der Waals surface area contributed by atoms with E-state index in [-0.39, 0.29) is 5.91 Å². The summed E-state index contributed by atoms with van der Waals surface area (Å²) in [7, 11) is 4.09. The van der Waals surface area contributed by atoms with Crippen LogP contribution >= 0.6 is 12.6 Å². The van der Waals surface area contributed by atoms with Crippen LogP contribution in [0.5, 0.6) is 0 Å². The lowest BCUT2D eigenvalue weighted by Crippen LogP contribution is -2.38. The molecule has 1 amide bonds. The number of likely N-dealkylation sites (tertiary alicyclic amines) is 1. The van der Waals surface area contributed by atoms with Crippen LogP contribution in [0.1, 0.15) is 18.4 Å². The zero-order chi connectivity index (χ0) is 14.5. The first kappa shape index (κ1) is 15.4. The summed E-state index contributed by atoms with van der Waals surface area (Å²) in [5.74, 6) is 0.857. The SMILES string of the molecule is CN1CCC(CN(C)C(=O)Cc2ccc(S)cc2)CC1. The molecule has 0 bridgehead atoms. The van der Waals surface area contributed by atoms with E-state index in [4.69, 9.17) is 0 Å². The Morgan fingerprint density at radius 2 is 1.90 bits per heavy atom. The minimum absolute atomic E-state index is 0.204. The first-order chi connectivity index (χ1) is 9.54. The molecule has 0 saturated carbocycles. The molecule has 1 aliphatic heterocycles. The molecule has 0 aromatic heterocycles. The summed E-state index contributed by atoms with van der Waals surface area (Å²) >= 11 is 4.26. The van der Waals surface area contributed by atoms with E-state index >= 15 is 0 Å². The van der Waals surface area contributed by atoms with Crippen molar-refractivity contribution in [1.82, 2.24) is 9.80 Å². The Labute approximate surface area is 127 Å². The Hall–Kier alpha value is -1.00. The standard InChI is InChI=1S/C16H24N2OS/c1-17-9-7-14(8-10-17)12-18(2)16(19)11-13-3-5-15(20)6-4-13/h3-6,14,20H,7-12H2,1-2H3. The first-order valence-corrected chi connectivity index (χ1v) is 7.69. The predicted octanol–water partition coefficient (Wildman–Crippen LogP) is 2.32. The molecule has 0 unspecified atom stereocenters. The summed E-state index contributed by atoms with van der Waals surface area (Å²) < 4.78 is 0. The summed E-state index contributed by atoms with van der Waals surface area (Å²) in [5, 5.41) is 0. The molecule has 1 heterocycles. The average Bonchev–Trinajstić information content (AvgIpc) is 2.44. The van der Waals surface area contributed by atoms with Gasteiger partial charge in [0.1, 0.15) is 0 Å². The quantitative estimate of drug-likeness (QED) is 0.861. The molecule has 0 spiro atoms. The topological polar surface area (TPSA) is 23.6 Å². The number of hydrogen-bond donors (Lipinski definition) is 1. The predicted molar refractivity (Wildman–Crippen MR) is 85.3 cm³/mol. The first-order valence-electron chi connectivity index (χ1n) is 7.25. The molecule has 20 heavy (non-hydrogen) atoms. The Kier molecular flexibility index (Phi) is 5.49. The van der Waals surface area contributed by atoms with Crippen molar-refractivity contribution in [3.05, 3.63) is 29.8 Å². The third-order valence-corrected chi connectivity index (χ3v) is 4.39. The fraction of sp³-hybridized carbons (Fsp3) is 0.562. The number of rotatable bonds is 4. The fourth-order valence-corrected chi connectivity index (χ4v) is 2.81. The van der Waals surface area contributed by atoms with Gasteiger partial charge < -0.3 is 9.80 Å². The van der Waals surface area contributed by atoms with Crippen LogP contribution in [0.4, 0.5) is 0 Å². The highest BCUT2D eigenvalue weighted by Gasteiger charge is 2.20. The van der Waals surface area contributed by atoms with Crippen molar-refractivity contribution in [2.75, 3.05) is 33.7 Å². The van der Waals surface area contributed by atoms with Gasteiger partial charge in [-0.15, -0.1) is 12.6 Å². The molecule has 110 valence electrons. The second-order valence-electron chi connectivity index (χ2n) is 5.86. The lowest BCUT2D eigenvalue weighted by atomic mass is 9.96. The second kappa shape index (κ2) is 7.14. The van der Waals surface area contributed by atoms with Crippen LogP contribution in [-0.4, -0.2) is 49.4 Å². The number of piperidine rings is 1. The molecule has 0 aliphatic carbocycles. The van der Waals surface area contributed by atoms with Gasteiger partial charge in [0.25, 0.3) is 0 Å². The molecule has 0 N–H and O–H groups in total. The maximum absolute atomic E-state index is 12.2. The van der Waals surface area contributed by atoms with Crippen LogP contribution in [0.25, 0.3) is 0 Å². The highest BCUT2D eigenvalue weighted by Crippen LogP contribution is 2.17. The molecule has 0 atom stereocenters. The maximum Gasteiger partial charge on any atom is 0.226 e. The molecule has 1 fully saturated rings. The van der Waals surface area contributed by atoms with Crippen molar-refractivity contribution in [3.63, 3.8) is 0 Å². The highest BCUT2D eigenvalue weighted by atomic mass is 32.1. The monoisotopic (exact) mass is 292 g/mol. The van der Waals surface area contributed by atoms with Gasteiger partial charge in [-0.3, -0.25) is 4.79 Å². The van der Waals surface area contributed by atoms with Gasteiger partial charge in [-0.2, -0.15) is 0 Å². The van der Waals surface area contributed by atoms with Crippen molar-refractivity contribution in [3.8, 4) is 0 Å². The molecule has 3 nitrogen and oxygen atoms in total. The molecular formula is C16H24N2OS. The molecule has 0 radical (unpaired) electrons. The van der Waals surface area contributed by atoms with Gasteiger partial charge in [0, 0.05) is 18.5 Å². The maximum atomic E-state index is 12.2. The summed E-state index contributed by atoms with van der Waals surface area (Å²) in [5.41, 5.74) is 1.06. The van der Waals surface area contributed by atoms with Crippen LogP contribution in [0.15, 0.2) is 29.2 Å². The summed E-state index contributed by atoms with van der Waals surface area (Å²) in [6.45, 7) is 3.18. The minimum atomic E-state index is 0.204. The van der Waals surface area contributed by atoms with E-state index in [0.29, 0.717) is 12.3 Å². The lowest BCUT2D eigenvalue weighted by molar-refractivity contribution is -0.129. The zero-order valence-electron chi connectivity index (χ0n) is 12.4. The van der Waals surface area contributed by atoms with E-state index < -0.39 is 0 Å². The number of nitrogens with zero attached hydrogens (tertiary/aromatic N) is 2. The van der Waals surface area contributed by atoms with Crippen molar-refractivity contribution < 1.29 is 4.79 Å². The summed E-state index contributed by atoms with van der Waals surface area (Å²) in [6, 6.07) is 7.82. The van der Waals surface area contributed by atoms with Crippen LogP contribution in [-0.2, 0) is 11.2 Å². The molecule has 2 rings (SSSR count). The Morgan fingerprint density at radius 3 is 2.50 bits per heavy atom. The smallest absolute Gasteiger partial charge is 0.226 e. The molecule has 1 aromatic carbocycles. The normalized spacial score (nSPS) is 17.1. The summed E-state index contributed by atoms with van der Waals surface area (Å²) in [4.78, 5) is 17.4. The van der Waals surface area contributed by atoms with Gasteiger partial charge in [0.2, 0.25) is 5.91 Å². The zero-order valence-corrected chi connectivity index (χ0v) is 13.3. The molecule has 1 aromatic rings. The number of likely N-dealkylation sites (N-methyl/N-ethyl adjacent to an activating group) is 1. The van der Waals surface area contributed by atoms with Crippen LogP contribution in [0.2, 0.25) is 0 Å². The third kappa shape index (κ3) is 4.53.